The maximum absolute atomic E-state index is 13.2. The van der Waals surface area contributed by atoms with E-state index < -0.39 is 12.8 Å². The number of benzene rings is 1. The lowest BCUT2D eigenvalue weighted by Crippen LogP contribution is -2.41. The van der Waals surface area contributed by atoms with Gasteiger partial charge in [0, 0.05) is 25.0 Å². The molecule has 0 aliphatic carbocycles. The number of hydrogen-bond acceptors (Lipinski definition) is 3. The molecule has 0 spiro atoms. The van der Waals surface area contributed by atoms with Gasteiger partial charge in [0.15, 0.2) is 0 Å². The Morgan fingerprint density at radius 2 is 2.18 bits per heavy atom. The first-order valence-corrected chi connectivity index (χ1v) is 7.97. The summed E-state index contributed by atoms with van der Waals surface area (Å²) in [5.41, 5.74) is 0.874. The second-order valence-corrected chi connectivity index (χ2v) is 5.86. The number of amides is 1. The van der Waals surface area contributed by atoms with Gasteiger partial charge in [-0.25, -0.2) is 4.39 Å². The molecule has 2 rings (SSSR count). The standard InChI is InChI=1S/C17H25FN2O2/c1-2-17(22)20-15-11-19-14(10-18)13(15)8-9-16(21)12-6-4-3-5-7-12/h3-7,13-16,19,21H,2,8-11H2,1H3,(H,20,22)/t13-,14-,15+,16?/m0/s1. The SMILES string of the molecule is CCC(=O)N[C@@H]1CN[C@@H](CF)[C@@H]1CCC(O)c1ccccc1. The van der Waals surface area contributed by atoms with E-state index in [-0.39, 0.29) is 23.9 Å². The Labute approximate surface area is 131 Å². The van der Waals surface area contributed by atoms with Crippen LogP contribution in [-0.2, 0) is 4.79 Å². The highest BCUT2D eigenvalue weighted by atomic mass is 19.1. The smallest absolute Gasteiger partial charge is 0.219 e. The highest BCUT2D eigenvalue weighted by molar-refractivity contribution is 5.75. The van der Waals surface area contributed by atoms with Gasteiger partial charge in [-0.3, -0.25) is 4.79 Å². The Hall–Kier alpha value is -1.46. The molecule has 5 heteroatoms. The Kier molecular flexibility index (Phi) is 6.34. The lowest BCUT2D eigenvalue weighted by atomic mass is 9.89. The van der Waals surface area contributed by atoms with Crippen LogP contribution in [0.3, 0.4) is 0 Å². The zero-order chi connectivity index (χ0) is 15.9. The molecule has 4 nitrogen and oxygen atoms in total. The number of hydrogen-bond donors (Lipinski definition) is 3. The summed E-state index contributed by atoms with van der Waals surface area (Å²) in [5.74, 6) is -0.00113. The van der Waals surface area contributed by atoms with E-state index in [1.165, 1.54) is 0 Å². The average molecular weight is 308 g/mol. The summed E-state index contributed by atoms with van der Waals surface area (Å²) in [4.78, 5) is 11.6. The van der Waals surface area contributed by atoms with Gasteiger partial charge >= 0.3 is 0 Å². The van der Waals surface area contributed by atoms with E-state index in [0.717, 1.165) is 5.56 Å². The molecule has 0 aromatic heterocycles. The Bertz CT molecular complexity index is 469. The third-order valence-corrected chi connectivity index (χ3v) is 4.43. The molecule has 122 valence electrons. The van der Waals surface area contributed by atoms with Gasteiger partial charge in [0.2, 0.25) is 5.91 Å². The van der Waals surface area contributed by atoms with Crippen molar-refractivity contribution in [3.05, 3.63) is 35.9 Å². The van der Waals surface area contributed by atoms with E-state index in [1.54, 1.807) is 6.92 Å². The van der Waals surface area contributed by atoms with E-state index in [9.17, 15) is 14.3 Å². The number of alkyl halides is 1. The molecular formula is C17H25FN2O2. The van der Waals surface area contributed by atoms with E-state index in [1.807, 2.05) is 30.3 Å². The molecule has 1 saturated heterocycles. The van der Waals surface area contributed by atoms with Gasteiger partial charge in [0.1, 0.15) is 6.67 Å². The van der Waals surface area contributed by atoms with Crippen LogP contribution in [0.15, 0.2) is 30.3 Å². The molecule has 1 aliphatic rings. The quantitative estimate of drug-likeness (QED) is 0.721. The van der Waals surface area contributed by atoms with Crippen molar-refractivity contribution in [2.45, 2.75) is 44.4 Å². The molecule has 4 atom stereocenters. The van der Waals surface area contributed by atoms with Gasteiger partial charge in [-0.2, -0.15) is 0 Å². The number of aliphatic hydroxyl groups excluding tert-OH is 1. The number of nitrogens with one attached hydrogen (secondary N) is 2. The fourth-order valence-electron chi connectivity index (χ4n) is 3.09. The number of carbonyl (C=O) groups excluding carboxylic acids is 1. The van der Waals surface area contributed by atoms with Crippen LogP contribution in [0.5, 0.6) is 0 Å². The van der Waals surface area contributed by atoms with Crippen LogP contribution in [-0.4, -0.2) is 36.3 Å². The van der Waals surface area contributed by atoms with Gasteiger partial charge in [0.05, 0.1) is 6.10 Å². The van der Waals surface area contributed by atoms with Crippen LogP contribution >= 0.6 is 0 Å². The molecule has 1 unspecified atom stereocenters. The first-order valence-electron chi connectivity index (χ1n) is 7.97. The Morgan fingerprint density at radius 1 is 1.45 bits per heavy atom. The van der Waals surface area contributed by atoms with Gasteiger partial charge in [-0.05, 0) is 24.3 Å². The maximum Gasteiger partial charge on any atom is 0.219 e. The molecule has 1 aromatic carbocycles. The van der Waals surface area contributed by atoms with E-state index in [4.69, 9.17) is 0 Å². The molecule has 0 saturated carbocycles. The summed E-state index contributed by atoms with van der Waals surface area (Å²) in [6, 6.07) is 9.17. The third kappa shape index (κ3) is 4.27. The van der Waals surface area contributed by atoms with Crippen molar-refractivity contribution in [1.29, 1.82) is 0 Å². The minimum Gasteiger partial charge on any atom is -0.388 e. The topological polar surface area (TPSA) is 61.4 Å². The normalized spacial score (nSPS) is 25.9. The Balaban J connectivity index is 1.93. The van der Waals surface area contributed by atoms with Crippen LogP contribution in [0.4, 0.5) is 4.39 Å². The van der Waals surface area contributed by atoms with Crippen molar-refractivity contribution in [2.75, 3.05) is 13.2 Å². The molecule has 1 aliphatic heterocycles. The second-order valence-electron chi connectivity index (χ2n) is 5.86. The predicted molar refractivity (Wildman–Crippen MR) is 84.1 cm³/mol. The fourth-order valence-corrected chi connectivity index (χ4v) is 3.09. The number of halogens is 1. The van der Waals surface area contributed by atoms with Crippen molar-refractivity contribution in [2.24, 2.45) is 5.92 Å². The zero-order valence-electron chi connectivity index (χ0n) is 13.0. The van der Waals surface area contributed by atoms with E-state index >= 15 is 0 Å². The van der Waals surface area contributed by atoms with Gasteiger partial charge in [-0.15, -0.1) is 0 Å². The summed E-state index contributed by atoms with van der Waals surface area (Å²) in [5, 5.41) is 16.3. The summed E-state index contributed by atoms with van der Waals surface area (Å²) in [6.07, 6.45) is 1.11. The van der Waals surface area contributed by atoms with Crippen LogP contribution in [0.25, 0.3) is 0 Å². The lowest BCUT2D eigenvalue weighted by Gasteiger charge is -2.24. The monoisotopic (exact) mass is 308 g/mol. The molecule has 0 radical (unpaired) electrons. The van der Waals surface area contributed by atoms with E-state index in [2.05, 4.69) is 10.6 Å². The van der Waals surface area contributed by atoms with Gasteiger partial charge in [-0.1, -0.05) is 37.3 Å². The molecule has 1 aromatic rings. The lowest BCUT2D eigenvalue weighted by molar-refractivity contribution is -0.121. The third-order valence-electron chi connectivity index (χ3n) is 4.43. The minimum atomic E-state index is -0.551. The summed E-state index contributed by atoms with van der Waals surface area (Å²) >= 11 is 0. The number of rotatable bonds is 7. The highest BCUT2D eigenvalue weighted by Crippen LogP contribution is 2.27. The Morgan fingerprint density at radius 3 is 2.82 bits per heavy atom. The fraction of sp³-hybridized carbons (Fsp3) is 0.588. The average Bonchev–Trinajstić information content (AvgIpc) is 2.94. The molecular weight excluding hydrogens is 283 g/mol. The predicted octanol–water partition coefficient (Wildman–Crippen LogP) is 1.95. The minimum absolute atomic E-state index is 0.0128. The summed E-state index contributed by atoms with van der Waals surface area (Å²) in [7, 11) is 0. The summed E-state index contributed by atoms with van der Waals surface area (Å²) in [6.45, 7) is 1.94. The van der Waals surface area contributed by atoms with Crippen LogP contribution in [0.1, 0.15) is 37.9 Å². The molecule has 1 amide bonds. The largest absolute Gasteiger partial charge is 0.388 e. The van der Waals surface area contributed by atoms with Crippen molar-refractivity contribution in [3.63, 3.8) is 0 Å². The number of aliphatic hydroxyl groups is 1. The van der Waals surface area contributed by atoms with Gasteiger partial charge in [0.25, 0.3) is 0 Å². The molecule has 22 heavy (non-hydrogen) atoms. The van der Waals surface area contributed by atoms with Gasteiger partial charge < -0.3 is 15.7 Å². The van der Waals surface area contributed by atoms with Crippen LogP contribution in [0.2, 0.25) is 0 Å². The zero-order valence-corrected chi connectivity index (χ0v) is 13.0. The van der Waals surface area contributed by atoms with Crippen molar-refractivity contribution in [1.82, 2.24) is 10.6 Å². The number of carbonyl (C=O) groups is 1. The van der Waals surface area contributed by atoms with Crippen LogP contribution < -0.4 is 10.6 Å². The summed E-state index contributed by atoms with van der Waals surface area (Å²) < 4.78 is 13.2. The molecule has 0 bridgehead atoms. The molecule has 3 N–H and O–H groups in total. The highest BCUT2D eigenvalue weighted by Gasteiger charge is 2.36. The van der Waals surface area contributed by atoms with E-state index in [0.29, 0.717) is 25.8 Å². The first kappa shape index (κ1) is 16.9. The maximum atomic E-state index is 13.2. The van der Waals surface area contributed by atoms with Crippen LogP contribution in [0, 0.1) is 5.92 Å². The second kappa shape index (κ2) is 8.25. The van der Waals surface area contributed by atoms with Crippen molar-refractivity contribution in [3.8, 4) is 0 Å². The first-order chi connectivity index (χ1) is 10.7. The van der Waals surface area contributed by atoms with Crippen molar-refractivity contribution < 1.29 is 14.3 Å². The molecule has 1 fully saturated rings. The molecule has 1 heterocycles. The van der Waals surface area contributed by atoms with Crippen molar-refractivity contribution >= 4 is 5.91 Å².